The van der Waals surface area contributed by atoms with E-state index in [1.54, 1.807) is 0 Å². The molecule has 0 fully saturated rings. The minimum atomic E-state index is 0.896. The van der Waals surface area contributed by atoms with Gasteiger partial charge in [-0.05, 0) is 50.1 Å². The van der Waals surface area contributed by atoms with Gasteiger partial charge in [0.05, 0.1) is 0 Å². The summed E-state index contributed by atoms with van der Waals surface area (Å²) in [6.07, 6.45) is 0. The van der Waals surface area contributed by atoms with Crippen LogP contribution in [0, 0.1) is 20.8 Å². The van der Waals surface area contributed by atoms with E-state index < -0.39 is 0 Å². The van der Waals surface area contributed by atoms with Crippen LogP contribution in [0.5, 0.6) is 0 Å². The molecule has 2 aromatic rings. The maximum absolute atomic E-state index is 3.55. The predicted octanol–water partition coefficient (Wildman–Crippen LogP) is 5.05. The van der Waals surface area contributed by atoms with Crippen molar-refractivity contribution in [3.63, 3.8) is 0 Å². The predicted molar refractivity (Wildman–Crippen MR) is 80.0 cm³/mol. The standard InChI is InChI=1S/C14H16BrNS/c1-9-7-12(11(3)17-9)8-16-14-6-4-5-13(15)10(14)2/h4-7,16H,8H2,1-3H3. The van der Waals surface area contributed by atoms with Crippen LogP contribution in [0.15, 0.2) is 28.7 Å². The fourth-order valence-electron chi connectivity index (χ4n) is 1.85. The summed E-state index contributed by atoms with van der Waals surface area (Å²) in [5.74, 6) is 0. The third kappa shape index (κ3) is 2.90. The zero-order chi connectivity index (χ0) is 12.4. The Hall–Kier alpha value is -0.800. The van der Waals surface area contributed by atoms with Gasteiger partial charge in [0, 0.05) is 26.5 Å². The van der Waals surface area contributed by atoms with Gasteiger partial charge < -0.3 is 5.32 Å². The van der Waals surface area contributed by atoms with E-state index in [0.717, 1.165) is 11.0 Å². The molecule has 0 saturated carbocycles. The minimum absolute atomic E-state index is 0.896. The van der Waals surface area contributed by atoms with Gasteiger partial charge in [-0.3, -0.25) is 0 Å². The van der Waals surface area contributed by atoms with Crippen LogP contribution in [-0.4, -0.2) is 0 Å². The number of thiophene rings is 1. The van der Waals surface area contributed by atoms with Crippen LogP contribution >= 0.6 is 27.3 Å². The second-order valence-corrected chi connectivity index (χ2v) is 6.52. The number of hydrogen-bond donors (Lipinski definition) is 1. The van der Waals surface area contributed by atoms with E-state index in [2.05, 4.69) is 66.3 Å². The molecular weight excluding hydrogens is 294 g/mol. The molecule has 1 aromatic carbocycles. The van der Waals surface area contributed by atoms with E-state index in [1.165, 1.54) is 26.6 Å². The van der Waals surface area contributed by atoms with Gasteiger partial charge in [-0.1, -0.05) is 22.0 Å². The molecule has 0 aliphatic rings. The molecule has 90 valence electrons. The SMILES string of the molecule is Cc1cc(CNc2cccc(Br)c2C)c(C)s1. The van der Waals surface area contributed by atoms with Crippen molar-refractivity contribution in [2.45, 2.75) is 27.3 Å². The summed E-state index contributed by atoms with van der Waals surface area (Å²) < 4.78 is 1.15. The zero-order valence-electron chi connectivity index (χ0n) is 10.3. The van der Waals surface area contributed by atoms with Gasteiger partial charge >= 0.3 is 0 Å². The first-order valence-electron chi connectivity index (χ1n) is 5.63. The lowest BCUT2D eigenvalue weighted by Crippen LogP contribution is -2.01. The monoisotopic (exact) mass is 309 g/mol. The van der Waals surface area contributed by atoms with Gasteiger partial charge in [0.15, 0.2) is 0 Å². The lowest BCUT2D eigenvalue weighted by molar-refractivity contribution is 1.13. The molecule has 1 aromatic heterocycles. The number of halogens is 1. The quantitative estimate of drug-likeness (QED) is 0.836. The van der Waals surface area contributed by atoms with E-state index in [0.29, 0.717) is 0 Å². The largest absolute Gasteiger partial charge is 0.381 e. The van der Waals surface area contributed by atoms with Gasteiger partial charge in [-0.2, -0.15) is 0 Å². The van der Waals surface area contributed by atoms with Gasteiger partial charge in [-0.25, -0.2) is 0 Å². The molecule has 1 N–H and O–H groups in total. The Bertz CT molecular complexity index is 531. The summed E-state index contributed by atoms with van der Waals surface area (Å²) in [7, 11) is 0. The number of benzene rings is 1. The van der Waals surface area contributed by atoms with E-state index >= 15 is 0 Å². The zero-order valence-corrected chi connectivity index (χ0v) is 12.7. The molecule has 0 aliphatic carbocycles. The Morgan fingerprint density at radius 1 is 1.24 bits per heavy atom. The first-order chi connectivity index (χ1) is 8.08. The Kier molecular flexibility index (Phi) is 3.89. The van der Waals surface area contributed by atoms with Crippen molar-refractivity contribution in [2.24, 2.45) is 0 Å². The first kappa shape index (κ1) is 12.7. The molecule has 1 heterocycles. The van der Waals surface area contributed by atoms with Crippen molar-refractivity contribution in [3.8, 4) is 0 Å². The highest BCUT2D eigenvalue weighted by atomic mass is 79.9. The summed E-state index contributed by atoms with van der Waals surface area (Å²) in [5, 5.41) is 3.50. The number of rotatable bonds is 3. The average Bonchev–Trinajstić information content (AvgIpc) is 2.60. The Balaban J connectivity index is 2.12. The normalized spacial score (nSPS) is 10.6. The lowest BCUT2D eigenvalue weighted by Gasteiger charge is -2.10. The van der Waals surface area contributed by atoms with Crippen molar-refractivity contribution in [1.82, 2.24) is 0 Å². The third-order valence-corrected chi connectivity index (χ3v) is 4.75. The van der Waals surface area contributed by atoms with Crippen molar-refractivity contribution < 1.29 is 0 Å². The van der Waals surface area contributed by atoms with Crippen LogP contribution in [-0.2, 0) is 6.54 Å². The lowest BCUT2D eigenvalue weighted by atomic mass is 10.2. The van der Waals surface area contributed by atoms with Crippen LogP contribution in [0.4, 0.5) is 5.69 Å². The molecule has 0 bridgehead atoms. The first-order valence-corrected chi connectivity index (χ1v) is 7.24. The van der Waals surface area contributed by atoms with Crippen LogP contribution in [0.25, 0.3) is 0 Å². The molecule has 0 amide bonds. The molecule has 17 heavy (non-hydrogen) atoms. The van der Waals surface area contributed by atoms with E-state index in [4.69, 9.17) is 0 Å². The molecule has 3 heteroatoms. The molecule has 0 aliphatic heterocycles. The fourth-order valence-corrected chi connectivity index (χ4v) is 3.16. The highest BCUT2D eigenvalue weighted by Crippen LogP contribution is 2.25. The van der Waals surface area contributed by atoms with Gasteiger partial charge in [0.25, 0.3) is 0 Å². The molecule has 0 unspecified atom stereocenters. The van der Waals surface area contributed by atoms with Gasteiger partial charge in [0.1, 0.15) is 0 Å². The maximum Gasteiger partial charge on any atom is 0.0411 e. The average molecular weight is 310 g/mol. The Labute approximate surface area is 115 Å². The maximum atomic E-state index is 3.55. The molecule has 1 nitrogen and oxygen atoms in total. The minimum Gasteiger partial charge on any atom is -0.381 e. The van der Waals surface area contributed by atoms with Crippen LogP contribution < -0.4 is 5.32 Å². The fraction of sp³-hybridized carbons (Fsp3) is 0.286. The highest BCUT2D eigenvalue weighted by molar-refractivity contribution is 9.10. The van der Waals surface area contributed by atoms with Crippen LogP contribution in [0.1, 0.15) is 20.9 Å². The highest BCUT2D eigenvalue weighted by Gasteiger charge is 2.04. The van der Waals surface area contributed by atoms with E-state index in [9.17, 15) is 0 Å². The van der Waals surface area contributed by atoms with Crippen molar-refractivity contribution in [1.29, 1.82) is 0 Å². The Morgan fingerprint density at radius 2 is 2.00 bits per heavy atom. The molecule has 0 spiro atoms. The van der Waals surface area contributed by atoms with E-state index in [-0.39, 0.29) is 0 Å². The Morgan fingerprint density at radius 3 is 2.65 bits per heavy atom. The molecular formula is C14H16BrNS. The summed E-state index contributed by atoms with van der Waals surface area (Å²) in [4.78, 5) is 2.79. The smallest absolute Gasteiger partial charge is 0.0411 e. The topological polar surface area (TPSA) is 12.0 Å². The second kappa shape index (κ2) is 5.23. The van der Waals surface area contributed by atoms with Crippen molar-refractivity contribution in [3.05, 3.63) is 49.6 Å². The number of nitrogens with one attached hydrogen (secondary N) is 1. The number of hydrogen-bond acceptors (Lipinski definition) is 2. The number of anilines is 1. The van der Waals surface area contributed by atoms with Gasteiger partial charge in [-0.15, -0.1) is 11.3 Å². The number of aryl methyl sites for hydroxylation is 2. The van der Waals surface area contributed by atoms with Crippen LogP contribution in [0.3, 0.4) is 0 Å². The molecule has 0 radical (unpaired) electrons. The van der Waals surface area contributed by atoms with E-state index in [1.807, 2.05) is 11.3 Å². The van der Waals surface area contributed by atoms with Crippen molar-refractivity contribution >= 4 is 33.0 Å². The summed E-state index contributed by atoms with van der Waals surface area (Å²) >= 11 is 5.42. The molecule has 0 atom stereocenters. The second-order valence-electron chi connectivity index (χ2n) is 4.20. The van der Waals surface area contributed by atoms with Gasteiger partial charge in [0.2, 0.25) is 0 Å². The third-order valence-electron chi connectivity index (χ3n) is 2.88. The summed E-state index contributed by atoms with van der Waals surface area (Å²) in [6, 6.07) is 8.51. The summed E-state index contributed by atoms with van der Waals surface area (Å²) in [5.41, 5.74) is 3.85. The molecule has 0 saturated heterocycles. The van der Waals surface area contributed by atoms with Crippen molar-refractivity contribution in [2.75, 3.05) is 5.32 Å². The van der Waals surface area contributed by atoms with Crippen LogP contribution in [0.2, 0.25) is 0 Å². The summed E-state index contributed by atoms with van der Waals surface area (Å²) in [6.45, 7) is 7.36. The molecule has 2 rings (SSSR count).